The van der Waals surface area contributed by atoms with E-state index < -0.39 is 0 Å². The number of piperazine rings is 1. The number of carbonyl (C=O) groups excluding carboxylic acids is 3. The highest BCUT2D eigenvalue weighted by Crippen LogP contribution is 2.29. The number of nitrogens with two attached hydrogens (primary N) is 1. The van der Waals surface area contributed by atoms with E-state index in [-0.39, 0.29) is 23.6 Å². The second-order valence-electron chi connectivity index (χ2n) is 7.60. The topological polar surface area (TPSA) is 87.0 Å². The van der Waals surface area contributed by atoms with Gasteiger partial charge in [-0.3, -0.25) is 19.3 Å². The number of piperidine rings is 1. The number of amides is 3. The summed E-state index contributed by atoms with van der Waals surface area (Å²) < 4.78 is 0. The van der Waals surface area contributed by atoms with Gasteiger partial charge in [-0.1, -0.05) is 12.8 Å². The summed E-state index contributed by atoms with van der Waals surface area (Å²) in [4.78, 5) is 42.1. The van der Waals surface area contributed by atoms with Gasteiger partial charge in [0.25, 0.3) is 0 Å². The van der Waals surface area contributed by atoms with Gasteiger partial charge in [0.2, 0.25) is 17.7 Å². The number of hydrogen-bond acceptors (Lipinski definition) is 4. The van der Waals surface area contributed by atoms with Crippen molar-refractivity contribution in [3.05, 3.63) is 0 Å². The van der Waals surface area contributed by atoms with E-state index in [1.807, 2.05) is 9.80 Å². The first-order chi connectivity index (χ1) is 12.0. The number of carbonyl (C=O) groups is 3. The van der Waals surface area contributed by atoms with Gasteiger partial charge in [-0.05, 0) is 19.3 Å². The summed E-state index contributed by atoms with van der Waals surface area (Å²) in [5.41, 5.74) is 5.20. The van der Waals surface area contributed by atoms with Crippen LogP contribution in [0.2, 0.25) is 0 Å². The Hall–Kier alpha value is -1.63. The lowest BCUT2D eigenvalue weighted by molar-refractivity contribution is -0.146. The molecule has 3 aliphatic rings. The maximum absolute atomic E-state index is 12.9. The largest absolute Gasteiger partial charge is 0.370 e. The zero-order chi connectivity index (χ0) is 17.8. The molecule has 2 saturated heterocycles. The summed E-state index contributed by atoms with van der Waals surface area (Å²) in [5.74, 6) is 0.102. The van der Waals surface area contributed by atoms with Crippen LogP contribution in [0.3, 0.4) is 0 Å². The molecule has 1 aliphatic carbocycles. The van der Waals surface area contributed by atoms with Crippen LogP contribution in [0.25, 0.3) is 0 Å². The van der Waals surface area contributed by atoms with Crippen LogP contribution in [0.1, 0.15) is 44.9 Å². The number of hydrogen-bond donors (Lipinski definition) is 1. The van der Waals surface area contributed by atoms with Crippen molar-refractivity contribution in [2.24, 2.45) is 11.7 Å². The van der Waals surface area contributed by atoms with Gasteiger partial charge in [0, 0.05) is 58.2 Å². The first-order valence-electron chi connectivity index (χ1n) is 9.63. The number of nitrogens with zero attached hydrogens (tertiary/aromatic N) is 3. The Kier molecular flexibility index (Phi) is 5.93. The molecule has 25 heavy (non-hydrogen) atoms. The molecule has 0 bridgehead atoms. The molecule has 7 heteroatoms. The molecule has 7 nitrogen and oxygen atoms in total. The fourth-order valence-electron chi connectivity index (χ4n) is 4.36. The van der Waals surface area contributed by atoms with Gasteiger partial charge >= 0.3 is 0 Å². The molecular weight excluding hydrogens is 320 g/mol. The molecule has 0 aromatic carbocycles. The predicted octanol–water partition coefficient (Wildman–Crippen LogP) is 0.187. The smallest absolute Gasteiger partial charge is 0.227 e. The number of primary amides is 1. The quantitative estimate of drug-likeness (QED) is 0.767. The lowest BCUT2D eigenvalue weighted by atomic mass is 9.94. The molecule has 2 heterocycles. The lowest BCUT2D eigenvalue weighted by Gasteiger charge is -2.40. The second-order valence-corrected chi connectivity index (χ2v) is 7.60. The molecular formula is C18H30N4O3. The summed E-state index contributed by atoms with van der Waals surface area (Å²) in [6.45, 7) is 4.25. The fraction of sp³-hybridized carbons (Fsp3) is 0.833. The van der Waals surface area contributed by atoms with Gasteiger partial charge in [-0.2, -0.15) is 0 Å². The van der Waals surface area contributed by atoms with Crippen LogP contribution in [-0.4, -0.2) is 77.7 Å². The molecule has 3 rings (SSSR count). The van der Waals surface area contributed by atoms with E-state index in [2.05, 4.69) is 4.90 Å². The number of likely N-dealkylation sites (tertiary alicyclic amines) is 1. The van der Waals surface area contributed by atoms with E-state index in [0.717, 1.165) is 25.9 Å². The molecule has 1 saturated carbocycles. The Morgan fingerprint density at radius 3 is 2.36 bits per heavy atom. The normalized spacial score (nSPS) is 26.2. The van der Waals surface area contributed by atoms with E-state index in [9.17, 15) is 14.4 Å². The summed E-state index contributed by atoms with van der Waals surface area (Å²) in [6.07, 6.45) is 6.13. The van der Waals surface area contributed by atoms with E-state index in [1.165, 1.54) is 12.8 Å². The molecule has 2 aliphatic heterocycles. The molecule has 0 aromatic rings. The molecule has 0 radical (unpaired) electrons. The van der Waals surface area contributed by atoms with Crippen molar-refractivity contribution in [3.8, 4) is 0 Å². The standard InChI is InChI=1S/C18H30N4O3/c19-16(23)7-8-20-9-11-21(12-10-20)18(25)14-5-6-17(24)22(13-14)15-3-1-2-4-15/h14-15H,1-13H2,(H2,19,23)/t14-/m0/s1. The highest BCUT2D eigenvalue weighted by atomic mass is 16.2. The van der Waals surface area contributed by atoms with Crippen molar-refractivity contribution in [2.75, 3.05) is 39.3 Å². The van der Waals surface area contributed by atoms with Crippen LogP contribution in [0.15, 0.2) is 0 Å². The van der Waals surface area contributed by atoms with E-state index in [1.54, 1.807) is 0 Å². The molecule has 140 valence electrons. The highest BCUT2D eigenvalue weighted by molar-refractivity contribution is 5.84. The molecule has 1 atom stereocenters. The van der Waals surface area contributed by atoms with Crippen LogP contribution in [0, 0.1) is 5.92 Å². The van der Waals surface area contributed by atoms with E-state index >= 15 is 0 Å². The Balaban J connectivity index is 1.49. The molecule has 3 amide bonds. The monoisotopic (exact) mass is 350 g/mol. The van der Waals surface area contributed by atoms with Gasteiger partial charge in [0.1, 0.15) is 0 Å². The third kappa shape index (κ3) is 4.51. The Labute approximate surface area is 149 Å². The van der Waals surface area contributed by atoms with Crippen molar-refractivity contribution in [1.82, 2.24) is 14.7 Å². The van der Waals surface area contributed by atoms with E-state index in [4.69, 9.17) is 5.73 Å². The van der Waals surface area contributed by atoms with Crippen LogP contribution >= 0.6 is 0 Å². The van der Waals surface area contributed by atoms with Crippen LogP contribution in [0.5, 0.6) is 0 Å². The SMILES string of the molecule is NC(=O)CCN1CCN(C(=O)[C@H]2CCC(=O)N(C3CCCC3)C2)CC1. The fourth-order valence-corrected chi connectivity index (χ4v) is 4.36. The van der Waals surface area contributed by atoms with Crippen molar-refractivity contribution in [2.45, 2.75) is 51.0 Å². The minimum Gasteiger partial charge on any atom is -0.370 e. The van der Waals surface area contributed by atoms with Crippen molar-refractivity contribution >= 4 is 17.7 Å². The molecule has 3 fully saturated rings. The van der Waals surface area contributed by atoms with Crippen molar-refractivity contribution in [3.63, 3.8) is 0 Å². The molecule has 2 N–H and O–H groups in total. The minimum atomic E-state index is -0.280. The Morgan fingerprint density at radius 1 is 1.04 bits per heavy atom. The zero-order valence-electron chi connectivity index (χ0n) is 15.0. The lowest BCUT2D eigenvalue weighted by Crippen LogP contribution is -2.54. The first-order valence-corrected chi connectivity index (χ1v) is 9.63. The average Bonchev–Trinajstić information content (AvgIpc) is 3.14. The van der Waals surface area contributed by atoms with Crippen LogP contribution in [0.4, 0.5) is 0 Å². The van der Waals surface area contributed by atoms with E-state index in [0.29, 0.717) is 51.5 Å². The maximum atomic E-state index is 12.9. The summed E-state index contributed by atoms with van der Waals surface area (Å²) >= 11 is 0. The highest BCUT2D eigenvalue weighted by Gasteiger charge is 2.37. The summed E-state index contributed by atoms with van der Waals surface area (Å²) in [5, 5.41) is 0. The summed E-state index contributed by atoms with van der Waals surface area (Å²) in [7, 11) is 0. The third-order valence-electron chi connectivity index (χ3n) is 5.92. The number of rotatable bonds is 5. The zero-order valence-corrected chi connectivity index (χ0v) is 15.0. The van der Waals surface area contributed by atoms with Crippen molar-refractivity contribution in [1.29, 1.82) is 0 Å². The summed E-state index contributed by atoms with van der Waals surface area (Å²) in [6, 6.07) is 0.355. The van der Waals surface area contributed by atoms with Crippen molar-refractivity contribution < 1.29 is 14.4 Å². The average molecular weight is 350 g/mol. The predicted molar refractivity (Wildman–Crippen MR) is 93.5 cm³/mol. The van der Waals surface area contributed by atoms with Gasteiger partial charge < -0.3 is 15.5 Å². The first kappa shape index (κ1) is 18.2. The van der Waals surface area contributed by atoms with Gasteiger partial charge in [-0.15, -0.1) is 0 Å². The third-order valence-corrected chi connectivity index (χ3v) is 5.92. The minimum absolute atomic E-state index is 0.0459. The second kappa shape index (κ2) is 8.17. The van der Waals surface area contributed by atoms with Gasteiger partial charge in [0.15, 0.2) is 0 Å². The molecule has 0 spiro atoms. The Bertz CT molecular complexity index is 510. The maximum Gasteiger partial charge on any atom is 0.227 e. The van der Waals surface area contributed by atoms with Gasteiger partial charge in [-0.25, -0.2) is 0 Å². The Morgan fingerprint density at radius 2 is 1.72 bits per heavy atom. The van der Waals surface area contributed by atoms with Gasteiger partial charge in [0.05, 0.1) is 5.92 Å². The van der Waals surface area contributed by atoms with Crippen LogP contribution < -0.4 is 5.73 Å². The molecule has 0 unspecified atom stereocenters. The molecule has 0 aromatic heterocycles. The van der Waals surface area contributed by atoms with Crippen LogP contribution in [-0.2, 0) is 14.4 Å².